The van der Waals surface area contributed by atoms with Crippen LogP contribution in [0.2, 0.25) is 0 Å². The second-order valence-electron chi connectivity index (χ2n) is 5.17. The first kappa shape index (κ1) is 13.8. The zero-order chi connectivity index (χ0) is 13.1. The summed E-state index contributed by atoms with van der Waals surface area (Å²) >= 11 is 0. The number of hydrogen-bond acceptors (Lipinski definition) is 3. The van der Waals surface area contributed by atoms with Crippen molar-refractivity contribution in [1.29, 1.82) is 0 Å². The van der Waals surface area contributed by atoms with Gasteiger partial charge in [0.15, 0.2) is 5.84 Å². The lowest BCUT2D eigenvalue weighted by Crippen LogP contribution is -2.51. The number of oxime groups is 1. The summed E-state index contributed by atoms with van der Waals surface area (Å²) in [6, 6.07) is 0. The maximum Gasteiger partial charge on any atom is 0.236 e. The van der Waals surface area contributed by atoms with E-state index in [4.69, 9.17) is 10.9 Å². The second kappa shape index (κ2) is 5.38. The van der Waals surface area contributed by atoms with Crippen molar-refractivity contribution in [3.05, 3.63) is 0 Å². The van der Waals surface area contributed by atoms with Gasteiger partial charge in [-0.3, -0.25) is 4.79 Å². The van der Waals surface area contributed by atoms with Crippen molar-refractivity contribution in [2.24, 2.45) is 22.2 Å². The van der Waals surface area contributed by atoms with Crippen LogP contribution in [0.15, 0.2) is 5.16 Å². The highest BCUT2D eigenvalue weighted by atomic mass is 16.4. The third-order valence-electron chi connectivity index (χ3n) is 3.80. The smallest absolute Gasteiger partial charge is 0.236 e. The number of nitrogens with zero attached hydrogens (tertiary/aromatic N) is 2. The van der Waals surface area contributed by atoms with Crippen molar-refractivity contribution in [3.63, 3.8) is 0 Å². The SMILES string of the molecule is CCC(C)(C(=O)N1CCCC(C)C1)C(N)=NO. The fourth-order valence-corrected chi connectivity index (χ4v) is 2.28. The molecule has 1 saturated heterocycles. The van der Waals surface area contributed by atoms with Gasteiger partial charge >= 0.3 is 0 Å². The molecule has 0 aromatic carbocycles. The third kappa shape index (κ3) is 2.70. The van der Waals surface area contributed by atoms with E-state index < -0.39 is 5.41 Å². The summed E-state index contributed by atoms with van der Waals surface area (Å²) in [4.78, 5) is 14.3. The molecule has 2 atom stereocenters. The normalized spacial score (nSPS) is 25.5. The molecule has 5 heteroatoms. The van der Waals surface area contributed by atoms with Crippen LogP contribution < -0.4 is 5.73 Å². The van der Waals surface area contributed by atoms with Crippen LogP contribution in [-0.2, 0) is 4.79 Å². The van der Waals surface area contributed by atoms with Crippen molar-refractivity contribution in [1.82, 2.24) is 4.90 Å². The predicted octanol–water partition coefficient (Wildman–Crippen LogP) is 1.41. The average molecular weight is 241 g/mol. The zero-order valence-electron chi connectivity index (χ0n) is 10.9. The van der Waals surface area contributed by atoms with Crippen molar-refractivity contribution in [2.45, 2.75) is 40.0 Å². The van der Waals surface area contributed by atoms with Crippen LogP contribution in [0.1, 0.15) is 40.0 Å². The van der Waals surface area contributed by atoms with E-state index in [-0.39, 0.29) is 11.7 Å². The molecule has 1 aliphatic heterocycles. The molecule has 0 spiro atoms. The molecule has 1 rings (SSSR count). The minimum atomic E-state index is -0.883. The lowest BCUT2D eigenvalue weighted by Gasteiger charge is -2.37. The molecule has 17 heavy (non-hydrogen) atoms. The summed E-state index contributed by atoms with van der Waals surface area (Å²) in [6.45, 7) is 7.31. The van der Waals surface area contributed by atoms with E-state index in [0.29, 0.717) is 12.3 Å². The fourth-order valence-electron chi connectivity index (χ4n) is 2.28. The maximum atomic E-state index is 12.5. The van der Waals surface area contributed by atoms with Crippen LogP contribution in [0.4, 0.5) is 0 Å². The van der Waals surface area contributed by atoms with E-state index >= 15 is 0 Å². The molecular formula is C12H23N3O2. The van der Waals surface area contributed by atoms with E-state index in [1.165, 1.54) is 0 Å². The van der Waals surface area contributed by atoms with E-state index in [1.807, 2.05) is 11.8 Å². The van der Waals surface area contributed by atoms with Crippen molar-refractivity contribution < 1.29 is 10.0 Å². The van der Waals surface area contributed by atoms with Crippen LogP contribution in [0.5, 0.6) is 0 Å². The van der Waals surface area contributed by atoms with Crippen LogP contribution in [-0.4, -0.2) is 34.9 Å². The van der Waals surface area contributed by atoms with Gasteiger partial charge in [0.1, 0.15) is 5.41 Å². The molecule has 0 aromatic rings. The van der Waals surface area contributed by atoms with Crippen molar-refractivity contribution in [2.75, 3.05) is 13.1 Å². The number of likely N-dealkylation sites (tertiary alicyclic amines) is 1. The Bertz CT molecular complexity index is 317. The Kier molecular flexibility index (Phi) is 4.37. The van der Waals surface area contributed by atoms with Crippen LogP contribution >= 0.6 is 0 Å². The quantitative estimate of drug-likeness (QED) is 0.339. The largest absolute Gasteiger partial charge is 0.409 e. The highest BCUT2D eigenvalue weighted by molar-refractivity contribution is 6.06. The Balaban J connectivity index is 2.85. The molecule has 0 bridgehead atoms. The maximum absolute atomic E-state index is 12.5. The zero-order valence-corrected chi connectivity index (χ0v) is 10.9. The lowest BCUT2D eigenvalue weighted by molar-refractivity contribution is -0.139. The van der Waals surface area contributed by atoms with E-state index in [2.05, 4.69) is 12.1 Å². The van der Waals surface area contributed by atoms with Gasteiger partial charge < -0.3 is 15.8 Å². The molecule has 0 aliphatic carbocycles. The molecular weight excluding hydrogens is 218 g/mol. The Hall–Kier alpha value is -1.26. The topological polar surface area (TPSA) is 78.9 Å². The van der Waals surface area contributed by atoms with Crippen LogP contribution in [0, 0.1) is 11.3 Å². The number of nitrogens with two attached hydrogens (primary N) is 1. The van der Waals surface area contributed by atoms with Gasteiger partial charge in [-0.05, 0) is 32.1 Å². The predicted molar refractivity (Wildman–Crippen MR) is 66.8 cm³/mol. The van der Waals surface area contributed by atoms with Gasteiger partial charge in [-0.2, -0.15) is 0 Å². The highest BCUT2D eigenvalue weighted by Gasteiger charge is 2.40. The summed E-state index contributed by atoms with van der Waals surface area (Å²) < 4.78 is 0. The Morgan fingerprint density at radius 2 is 2.29 bits per heavy atom. The number of piperidine rings is 1. The first-order valence-electron chi connectivity index (χ1n) is 6.23. The number of amides is 1. The van der Waals surface area contributed by atoms with E-state index in [1.54, 1.807) is 6.92 Å². The minimum absolute atomic E-state index is 0.00299. The van der Waals surface area contributed by atoms with Gasteiger partial charge in [0.25, 0.3) is 0 Å². The summed E-state index contributed by atoms with van der Waals surface area (Å²) in [5.41, 5.74) is 4.77. The van der Waals surface area contributed by atoms with Gasteiger partial charge in [0.05, 0.1) is 0 Å². The molecule has 1 heterocycles. The van der Waals surface area contributed by atoms with Crippen LogP contribution in [0.3, 0.4) is 0 Å². The van der Waals surface area contributed by atoms with E-state index in [0.717, 1.165) is 25.9 Å². The minimum Gasteiger partial charge on any atom is -0.409 e. The molecule has 1 amide bonds. The molecule has 0 saturated carbocycles. The summed E-state index contributed by atoms with van der Waals surface area (Å²) in [5, 5.41) is 11.8. The lowest BCUT2D eigenvalue weighted by atomic mass is 9.83. The second-order valence-corrected chi connectivity index (χ2v) is 5.17. The summed E-state index contributed by atoms with van der Waals surface area (Å²) in [5.74, 6) is 0.506. The molecule has 1 fully saturated rings. The first-order valence-corrected chi connectivity index (χ1v) is 6.23. The van der Waals surface area contributed by atoms with Crippen LogP contribution in [0.25, 0.3) is 0 Å². The number of rotatable bonds is 3. The summed E-state index contributed by atoms with van der Waals surface area (Å²) in [6.07, 6.45) is 2.73. The average Bonchev–Trinajstić information content (AvgIpc) is 2.35. The number of carbonyl (C=O) groups is 1. The molecule has 5 nitrogen and oxygen atoms in total. The third-order valence-corrected chi connectivity index (χ3v) is 3.80. The van der Waals surface area contributed by atoms with Gasteiger partial charge in [0, 0.05) is 13.1 Å². The first-order chi connectivity index (χ1) is 7.95. The molecule has 98 valence electrons. The number of carbonyl (C=O) groups excluding carboxylic acids is 1. The van der Waals surface area contributed by atoms with Gasteiger partial charge in [-0.15, -0.1) is 0 Å². The summed E-state index contributed by atoms with van der Waals surface area (Å²) in [7, 11) is 0. The Labute approximate surface area is 103 Å². The van der Waals surface area contributed by atoms with Crippen molar-refractivity contribution >= 4 is 11.7 Å². The molecule has 2 unspecified atom stereocenters. The number of amidine groups is 1. The molecule has 1 aliphatic rings. The van der Waals surface area contributed by atoms with Crippen molar-refractivity contribution in [3.8, 4) is 0 Å². The highest BCUT2D eigenvalue weighted by Crippen LogP contribution is 2.27. The molecule has 0 radical (unpaired) electrons. The monoisotopic (exact) mass is 241 g/mol. The van der Waals surface area contributed by atoms with Gasteiger partial charge in [0.2, 0.25) is 5.91 Å². The van der Waals surface area contributed by atoms with Gasteiger partial charge in [-0.1, -0.05) is 19.0 Å². The molecule has 0 aromatic heterocycles. The van der Waals surface area contributed by atoms with Gasteiger partial charge in [-0.25, -0.2) is 0 Å². The standard InChI is InChI=1S/C12H23N3O2/c1-4-12(3,10(13)14-17)11(16)15-7-5-6-9(2)8-15/h9,17H,4-8H2,1-3H3,(H2,13,14). The fraction of sp³-hybridized carbons (Fsp3) is 0.833. The van der Waals surface area contributed by atoms with E-state index in [9.17, 15) is 4.79 Å². The molecule has 3 N–H and O–H groups in total. The number of hydrogen-bond donors (Lipinski definition) is 2. The Morgan fingerprint density at radius 1 is 1.65 bits per heavy atom. The Morgan fingerprint density at radius 3 is 2.76 bits per heavy atom.